The summed E-state index contributed by atoms with van der Waals surface area (Å²) in [7, 11) is 0. The van der Waals surface area contributed by atoms with Gasteiger partial charge in [0.25, 0.3) is 5.69 Å². The van der Waals surface area contributed by atoms with Gasteiger partial charge in [-0.25, -0.2) is 0 Å². The Morgan fingerprint density at radius 3 is 2.60 bits per heavy atom. The first-order valence-corrected chi connectivity index (χ1v) is 7.92. The summed E-state index contributed by atoms with van der Waals surface area (Å²) >= 11 is 0. The standard InChI is InChI=1S/C17H18N4O4/c1-3-20(10-13-8-9-24-11-13)12(2)16-18-19-17(25-16)14-4-6-15(7-5-14)21(22)23/h4-9,11-12H,3,10H2,1-2H3/t12-/m0/s1. The Balaban J connectivity index is 1.76. The molecule has 0 fully saturated rings. The molecule has 130 valence electrons. The third-order valence-corrected chi connectivity index (χ3v) is 4.04. The van der Waals surface area contributed by atoms with Gasteiger partial charge >= 0.3 is 0 Å². The highest BCUT2D eigenvalue weighted by molar-refractivity contribution is 5.55. The zero-order valence-electron chi connectivity index (χ0n) is 14.0. The van der Waals surface area contributed by atoms with Gasteiger partial charge in [-0.2, -0.15) is 0 Å². The highest BCUT2D eigenvalue weighted by atomic mass is 16.6. The van der Waals surface area contributed by atoms with Gasteiger partial charge < -0.3 is 8.83 Å². The van der Waals surface area contributed by atoms with Crippen molar-refractivity contribution in [2.24, 2.45) is 0 Å². The number of nitrogens with zero attached hydrogens (tertiary/aromatic N) is 4. The lowest BCUT2D eigenvalue weighted by molar-refractivity contribution is -0.384. The third-order valence-electron chi connectivity index (χ3n) is 4.04. The van der Waals surface area contributed by atoms with Crippen molar-refractivity contribution in [2.45, 2.75) is 26.4 Å². The van der Waals surface area contributed by atoms with Gasteiger partial charge in [0, 0.05) is 29.8 Å². The van der Waals surface area contributed by atoms with E-state index >= 15 is 0 Å². The molecule has 3 rings (SSSR count). The molecule has 0 bridgehead atoms. The number of furan rings is 1. The number of hydrogen-bond acceptors (Lipinski definition) is 7. The van der Waals surface area contributed by atoms with Crippen LogP contribution in [0.2, 0.25) is 0 Å². The van der Waals surface area contributed by atoms with Gasteiger partial charge in [-0.15, -0.1) is 10.2 Å². The first-order chi connectivity index (χ1) is 12.1. The van der Waals surface area contributed by atoms with E-state index in [1.165, 1.54) is 12.1 Å². The Morgan fingerprint density at radius 1 is 1.24 bits per heavy atom. The Morgan fingerprint density at radius 2 is 2.00 bits per heavy atom. The number of nitro benzene ring substituents is 1. The van der Waals surface area contributed by atoms with Crippen molar-refractivity contribution in [3.8, 4) is 11.5 Å². The van der Waals surface area contributed by atoms with Crippen molar-refractivity contribution in [1.29, 1.82) is 0 Å². The second-order valence-corrected chi connectivity index (χ2v) is 5.62. The molecule has 1 atom stereocenters. The van der Waals surface area contributed by atoms with Gasteiger partial charge in [0.05, 0.1) is 23.5 Å². The summed E-state index contributed by atoms with van der Waals surface area (Å²) in [5, 5.41) is 18.9. The van der Waals surface area contributed by atoms with Gasteiger partial charge in [-0.3, -0.25) is 15.0 Å². The summed E-state index contributed by atoms with van der Waals surface area (Å²) in [6.07, 6.45) is 3.36. The SMILES string of the molecule is CCN(Cc1ccoc1)[C@@H](C)c1nnc(-c2ccc([N+](=O)[O-])cc2)o1. The molecule has 0 aliphatic heterocycles. The van der Waals surface area contributed by atoms with Crippen LogP contribution in [0.1, 0.15) is 31.3 Å². The van der Waals surface area contributed by atoms with E-state index in [0.717, 1.165) is 12.1 Å². The summed E-state index contributed by atoms with van der Waals surface area (Å²) in [5.74, 6) is 0.842. The van der Waals surface area contributed by atoms with E-state index in [1.54, 1.807) is 24.7 Å². The van der Waals surface area contributed by atoms with Crippen LogP contribution in [0.5, 0.6) is 0 Å². The number of rotatable bonds is 7. The molecular formula is C17H18N4O4. The molecule has 1 aromatic carbocycles. The Kier molecular flexibility index (Phi) is 4.90. The molecule has 2 heterocycles. The van der Waals surface area contributed by atoms with Crippen LogP contribution < -0.4 is 0 Å². The minimum absolute atomic E-state index is 0.0223. The Labute approximate surface area is 144 Å². The second kappa shape index (κ2) is 7.27. The average Bonchev–Trinajstić information content (AvgIpc) is 3.31. The quantitative estimate of drug-likeness (QED) is 0.475. The van der Waals surface area contributed by atoms with Crippen LogP contribution in [0.4, 0.5) is 5.69 Å². The van der Waals surface area contributed by atoms with Crippen LogP contribution in [0.25, 0.3) is 11.5 Å². The summed E-state index contributed by atoms with van der Waals surface area (Å²) in [6, 6.07) is 7.89. The van der Waals surface area contributed by atoms with Crippen LogP contribution in [0.3, 0.4) is 0 Å². The molecule has 0 aliphatic rings. The summed E-state index contributed by atoms with van der Waals surface area (Å²) in [4.78, 5) is 12.5. The van der Waals surface area contributed by atoms with Crippen LogP contribution in [-0.4, -0.2) is 26.6 Å². The van der Waals surface area contributed by atoms with Crippen LogP contribution in [-0.2, 0) is 6.54 Å². The van der Waals surface area contributed by atoms with Crippen molar-refractivity contribution in [1.82, 2.24) is 15.1 Å². The van der Waals surface area contributed by atoms with Crippen molar-refractivity contribution in [2.75, 3.05) is 6.54 Å². The van der Waals surface area contributed by atoms with Crippen molar-refractivity contribution >= 4 is 5.69 Å². The van der Waals surface area contributed by atoms with Crippen molar-refractivity contribution in [3.05, 3.63) is 64.4 Å². The molecule has 0 saturated carbocycles. The van der Waals surface area contributed by atoms with Crippen LogP contribution in [0.15, 0.2) is 51.7 Å². The molecule has 25 heavy (non-hydrogen) atoms. The van der Waals surface area contributed by atoms with E-state index in [-0.39, 0.29) is 11.7 Å². The van der Waals surface area contributed by atoms with E-state index in [4.69, 9.17) is 8.83 Å². The maximum Gasteiger partial charge on any atom is 0.269 e. The lowest BCUT2D eigenvalue weighted by Crippen LogP contribution is -2.26. The number of benzene rings is 1. The topological polar surface area (TPSA) is 98.4 Å². The van der Waals surface area contributed by atoms with Gasteiger partial charge in [0.2, 0.25) is 11.8 Å². The van der Waals surface area contributed by atoms with Crippen molar-refractivity contribution < 1.29 is 13.8 Å². The second-order valence-electron chi connectivity index (χ2n) is 5.62. The third kappa shape index (κ3) is 3.74. The molecule has 0 amide bonds. The molecule has 0 aliphatic carbocycles. The fraction of sp³-hybridized carbons (Fsp3) is 0.294. The lowest BCUT2D eigenvalue weighted by Gasteiger charge is -2.24. The number of aromatic nitrogens is 2. The number of non-ortho nitro benzene ring substituents is 1. The van der Waals surface area contributed by atoms with Crippen molar-refractivity contribution in [3.63, 3.8) is 0 Å². The van der Waals surface area contributed by atoms with Gasteiger partial charge in [-0.05, 0) is 31.7 Å². The molecular weight excluding hydrogens is 324 g/mol. The first-order valence-electron chi connectivity index (χ1n) is 7.92. The molecule has 0 radical (unpaired) electrons. The maximum atomic E-state index is 10.7. The van der Waals surface area contributed by atoms with E-state index in [1.807, 2.05) is 13.0 Å². The molecule has 3 aromatic rings. The Hall–Kier alpha value is -3.00. The van der Waals surface area contributed by atoms with E-state index < -0.39 is 4.92 Å². The molecule has 0 unspecified atom stereocenters. The summed E-state index contributed by atoms with van der Waals surface area (Å²) < 4.78 is 10.9. The predicted octanol–water partition coefficient (Wildman–Crippen LogP) is 3.82. The maximum absolute atomic E-state index is 10.7. The smallest absolute Gasteiger partial charge is 0.269 e. The molecule has 2 aromatic heterocycles. The normalized spacial score (nSPS) is 12.4. The molecule has 0 saturated heterocycles. The largest absolute Gasteiger partial charge is 0.472 e. The monoisotopic (exact) mass is 342 g/mol. The highest BCUT2D eigenvalue weighted by Gasteiger charge is 2.21. The molecule has 8 nitrogen and oxygen atoms in total. The van der Waals surface area contributed by atoms with E-state index in [0.29, 0.717) is 23.9 Å². The van der Waals surface area contributed by atoms with Crippen LogP contribution >= 0.6 is 0 Å². The van der Waals surface area contributed by atoms with E-state index in [9.17, 15) is 10.1 Å². The van der Waals surface area contributed by atoms with E-state index in [2.05, 4.69) is 22.0 Å². The fourth-order valence-corrected chi connectivity index (χ4v) is 2.54. The minimum atomic E-state index is -0.444. The van der Waals surface area contributed by atoms with Crippen LogP contribution in [0, 0.1) is 10.1 Å². The zero-order valence-corrected chi connectivity index (χ0v) is 14.0. The molecule has 0 spiro atoms. The van der Waals surface area contributed by atoms with Gasteiger partial charge in [0.15, 0.2) is 0 Å². The lowest BCUT2D eigenvalue weighted by atomic mass is 10.2. The summed E-state index contributed by atoms with van der Waals surface area (Å²) in [5.41, 5.74) is 1.74. The summed E-state index contributed by atoms with van der Waals surface area (Å²) in [6.45, 7) is 5.58. The van der Waals surface area contributed by atoms with Gasteiger partial charge in [0.1, 0.15) is 0 Å². The highest BCUT2D eigenvalue weighted by Crippen LogP contribution is 2.26. The molecule has 0 N–H and O–H groups in total. The predicted molar refractivity (Wildman–Crippen MR) is 89.6 cm³/mol. The minimum Gasteiger partial charge on any atom is -0.472 e. The molecule has 8 heteroatoms. The zero-order chi connectivity index (χ0) is 17.8. The first kappa shape index (κ1) is 16.8. The van der Waals surface area contributed by atoms with Gasteiger partial charge in [-0.1, -0.05) is 6.92 Å². The Bertz CT molecular complexity index is 827. The number of hydrogen-bond donors (Lipinski definition) is 0. The number of nitro groups is 1. The average molecular weight is 342 g/mol. The fourth-order valence-electron chi connectivity index (χ4n) is 2.54.